The minimum atomic E-state index is 0.0567. The number of aliphatic hydroxyl groups excluding tert-OH is 1. The lowest BCUT2D eigenvalue weighted by Gasteiger charge is -2.11. The van der Waals surface area contributed by atoms with Crippen LogP contribution in [-0.4, -0.2) is 34.2 Å². The lowest BCUT2D eigenvalue weighted by atomic mass is 10.2. The predicted molar refractivity (Wildman–Crippen MR) is 80.5 cm³/mol. The molecule has 2 rings (SSSR count). The first-order valence-electron chi connectivity index (χ1n) is 6.09. The fraction of sp³-hybridized carbons (Fsp3) is 0.308. The molecule has 0 saturated carbocycles. The Hall–Kier alpha value is -1.86. The Balaban J connectivity index is 2.06. The van der Waals surface area contributed by atoms with E-state index in [2.05, 4.69) is 15.0 Å². The summed E-state index contributed by atoms with van der Waals surface area (Å²) in [6.07, 6.45) is 0. The summed E-state index contributed by atoms with van der Waals surface area (Å²) >= 11 is 1.61. The van der Waals surface area contributed by atoms with Crippen LogP contribution in [0.4, 0.5) is 11.9 Å². The van der Waals surface area contributed by atoms with Gasteiger partial charge in [0.15, 0.2) is 0 Å². The summed E-state index contributed by atoms with van der Waals surface area (Å²) in [6.45, 7) is 0.0567. The number of benzene rings is 1. The van der Waals surface area contributed by atoms with Gasteiger partial charge in [-0.15, -0.1) is 11.8 Å². The fourth-order valence-electron chi connectivity index (χ4n) is 1.53. The van der Waals surface area contributed by atoms with E-state index in [-0.39, 0.29) is 12.6 Å². The number of aliphatic hydroxyl groups is 1. The van der Waals surface area contributed by atoms with Crippen molar-refractivity contribution in [1.82, 2.24) is 15.0 Å². The summed E-state index contributed by atoms with van der Waals surface area (Å²) < 4.78 is 0. The summed E-state index contributed by atoms with van der Waals surface area (Å²) in [5.41, 5.74) is 6.58. The van der Waals surface area contributed by atoms with E-state index >= 15 is 0 Å². The van der Waals surface area contributed by atoms with Crippen molar-refractivity contribution < 1.29 is 5.11 Å². The zero-order valence-electron chi connectivity index (χ0n) is 11.4. The molecular formula is C13H17N5OS. The quantitative estimate of drug-likeness (QED) is 0.803. The molecule has 2 aromatic rings. The molecule has 0 saturated heterocycles. The van der Waals surface area contributed by atoms with Gasteiger partial charge in [-0.3, -0.25) is 0 Å². The average Bonchev–Trinajstić information content (AvgIpc) is 2.45. The van der Waals surface area contributed by atoms with E-state index in [4.69, 9.17) is 10.8 Å². The molecule has 7 heteroatoms. The van der Waals surface area contributed by atoms with Crippen LogP contribution in [0.25, 0.3) is 0 Å². The first-order valence-corrected chi connectivity index (χ1v) is 7.07. The molecule has 0 spiro atoms. The van der Waals surface area contributed by atoms with Crippen LogP contribution >= 0.6 is 11.8 Å². The van der Waals surface area contributed by atoms with Crippen LogP contribution in [0.3, 0.4) is 0 Å². The molecule has 1 heterocycles. The van der Waals surface area contributed by atoms with Crippen molar-refractivity contribution in [3.8, 4) is 0 Å². The summed E-state index contributed by atoms with van der Waals surface area (Å²) in [5, 5.41) is 9.00. The lowest BCUT2D eigenvalue weighted by molar-refractivity contribution is 0.282. The maximum atomic E-state index is 9.00. The normalized spacial score (nSPS) is 10.6. The number of hydrogen-bond acceptors (Lipinski definition) is 7. The Labute approximate surface area is 122 Å². The van der Waals surface area contributed by atoms with Gasteiger partial charge >= 0.3 is 0 Å². The van der Waals surface area contributed by atoms with Gasteiger partial charge in [-0.1, -0.05) is 12.1 Å². The maximum Gasteiger partial charge on any atom is 0.229 e. The molecule has 3 N–H and O–H groups in total. The minimum Gasteiger partial charge on any atom is -0.392 e. The van der Waals surface area contributed by atoms with Gasteiger partial charge in [-0.2, -0.15) is 15.0 Å². The van der Waals surface area contributed by atoms with E-state index in [9.17, 15) is 0 Å². The molecule has 106 valence electrons. The second kappa shape index (κ2) is 6.53. The van der Waals surface area contributed by atoms with E-state index in [0.29, 0.717) is 17.5 Å². The number of aromatic nitrogens is 3. The third-order valence-corrected chi connectivity index (χ3v) is 3.57. The van der Waals surface area contributed by atoms with Crippen LogP contribution in [0.2, 0.25) is 0 Å². The molecule has 0 aliphatic rings. The van der Waals surface area contributed by atoms with Crippen LogP contribution in [0.1, 0.15) is 11.4 Å². The fourth-order valence-corrected chi connectivity index (χ4v) is 2.28. The van der Waals surface area contributed by atoms with Crippen LogP contribution in [0.15, 0.2) is 29.2 Å². The monoisotopic (exact) mass is 291 g/mol. The topological polar surface area (TPSA) is 88.2 Å². The van der Waals surface area contributed by atoms with Gasteiger partial charge in [0.2, 0.25) is 11.9 Å². The molecule has 0 aliphatic carbocycles. The minimum absolute atomic E-state index is 0.0567. The van der Waals surface area contributed by atoms with Crippen LogP contribution in [-0.2, 0) is 12.4 Å². The molecule has 20 heavy (non-hydrogen) atoms. The van der Waals surface area contributed by atoms with E-state index in [1.54, 1.807) is 16.7 Å². The van der Waals surface area contributed by atoms with Gasteiger partial charge in [-0.25, -0.2) is 0 Å². The van der Waals surface area contributed by atoms with E-state index < -0.39 is 0 Å². The van der Waals surface area contributed by atoms with Gasteiger partial charge in [0.1, 0.15) is 5.82 Å². The molecule has 0 radical (unpaired) electrons. The summed E-state index contributed by atoms with van der Waals surface area (Å²) in [4.78, 5) is 15.4. The zero-order valence-corrected chi connectivity index (χ0v) is 12.3. The van der Waals surface area contributed by atoms with Gasteiger partial charge < -0.3 is 15.7 Å². The number of anilines is 2. The Kier molecular flexibility index (Phi) is 4.75. The number of nitrogens with two attached hydrogens (primary N) is 1. The van der Waals surface area contributed by atoms with E-state index in [1.165, 1.54) is 0 Å². The molecule has 0 aliphatic heterocycles. The molecular weight excluding hydrogens is 274 g/mol. The molecule has 1 aromatic carbocycles. The Morgan fingerprint density at radius 2 is 1.85 bits per heavy atom. The van der Waals surface area contributed by atoms with Crippen LogP contribution in [0, 0.1) is 0 Å². The van der Waals surface area contributed by atoms with Crippen molar-refractivity contribution in [2.45, 2.75) is 17.3 Å². The Bertz CT molecular complexity index is 573. The predicted octanol–water partition coefficient (Wildman–Crippen LogP) is 1.30. The SMILES string of the molecule is CN(C)c1nc(N)nc(CSc2ccc(CO)cc2)n1. The standard InChI is InChI=1S/C13H17N5OS/c1-18(2)13-16-11(15-12(14)17-13)8-20-10-5-3-9(7-19)4-6-10/h3-6,19H,7-8H2,1-2H3,(H2,14,15,16,17). The lowest BCUT2D eigenvalue weighted by Crippen LogP contribution is -2.15. The van der Waals surface area contributed by atoms with Crippen LogP contribution < -0.4 is 10.6 Å². The molecule has 0 atom stereocenters. The van der Waals surface area contributed by atoms with Crippen molar-refractivity contribution in [2.24, 2.45) is 0 Å². The summed E-state index contributed by atoms with van der Waals surface area (Å²) in [5.74, 6) is 2.06. The molecule has 0 unspecified atom stereocenters. The third-order valence-electron chi connectivity index (χ3n) is 2.56. The number of hydrogen-bond donors (Lipinski definition) is 2. The smallest absolute Gasteiger partial charge is 0.229 e. The third kappa shape index (κ3) is 3.82. The van der Waals surface area contributed by atoms with Gasteiger partial charge in [0.25, 0.3) is 0 Å². The highest BCUT2D eigenvalue weighted by atomic mass is 32.2. The maximum absolute atomic E-state index is 9.00. The molecule has 0 bridgehead atoms. The van der Waals surface area contributed by atoms with E-state index in [1.807, 2.05) is 38.4 Å². The van der Waals surface area contributed by atoms with E-state index in [0.717, 1.165) is 10.5 Å². The first-order chi connectivity index (χ1) is 9.58. The number of nitrogen functional groups attached to an aromatic ring is 1. The number of rotatable bonds is 5. The van der Waals surface area contributed by atoms with Crippen molar-refractivity contribution in [1.29, 1.82) is 0 Å². The van der Waals surface area contributed by atoms with Crippen molar-refractivity contribution in [2.75, 3.05) is 24.7 Å². The number of nitrogens with zero attached hydrogens (tertiary/aromatic N) is 4. The van der Waals surface area contributed by atoms with Gasteiger partial charge in [0.05, 0.1) is 12.4 Å². The highest BCUT2D eigenvalue weighted by Crippen LogP contribution is 2.22. The molecule has 6 nitrogen and oxygen atoms in total. The molecule has 0 fully saturated rings. The average molecular weight is 291 g/mol. The molecule has 1 aromatic heterocycles. The first kappa shape index (κ1) is 14.5. The Morgan fingerprint density at radius 1 is 1.15 bits per heavy atom. The second-order valence-corrected chi connectivity index (χ2v) is 5.44. The van der Waals surface area contributed by atoms with Crippen molar-refractivity contribution in [3.05, 3.63) is 35.7 Å². The highest BCUT2D eigenvalue weighted by Gasteiger charge is 2.06. The zero-order chi connectivity index (χ0) is 14.5. The highest BCUT2D eigenvalue weighted by molar-refractivity contribution is 7.98. The Morgan fingerprint density at radius 3 is 2.45 bits per heavy atom. The van der Waals surface area contributed by atoms with Gasteiger partial charge in [-0.05, 0) is 17.7 Å². The largest absolute Gasteiger partial charge is 0.392 e. The molecule has 0 amide bonds. The van der Waals surface area contributed by atoms with Gasteiger partial charge in [0, 0.05) is 19.0 Å². The summed E-state index contributed by atoms with van der Waals surface area (Å²) in [6, 6.07) is 7.73. The van der Waals surface area contributed by atoms with Crippen molar-refractivity contribution >= 4 is 23.7 Å². The number of thioether (sulfide) groups is 1. The van der Waals surface area contributed by atoms with Crippen LogP contribution in [0.5, 0.6) is 0 Å². The summed E-state index contributed by atoms with van der Waals surface area (Å²) in [7, 11) is 3.72. The second-order valence-electron chi connectivity index (χ2n) is 4.40. The van der Waals surface area contributed by atoms with Crippen molar-refractivity contribution in [3.63, 3.8) is 0 Å².